The van der Waals surface area contributed by atoms with Gasteiger partial charge in [0.15, 0.2) is 0 Å². The Bertz CT molecular complexity index is 144. The van der Waals surface area contributed by atoms with Gasteiger partial charge in [0.05, 0.1) is 12.7 Å². The van der Waals surface area contributed by atoms with Gasteiger partial charge in [0.1, 0.15) is 6.04 Å². The van der Waals surface area contributed by atoms with Crippen LogP contribution in [-0.2, 0) is 4.79 Å². The Morgan fingerprint density at radius 2 is 2.08 bits per heavy atom. The van der Waals surface area contributed by atoms with Crippen molar-refractivity contribution in [3.05, 3.63) is 0 Å². The van der Waals surface area contributed by atoms with E-state index in [1.54, 1.807) is 0 Å². The van der Waals surface area contributed by atoms with Crippen molar-refractivity contribution in [2.24, 2.45) is 5.73 Å². The largest absolute Gasteiger partial charge is 0.480 e. The fraction of sp³-hybridized carbons (Fsp3) is 0.833. The Morgan fingerprint density at radius 1 is 1.50 bits per heavy atom. The van der Waals surface area contributed by atoms with Crippen molar-refractivity contribution in [3.8, 4) is 0 Å². The molecule has 0 rings (SSSR count). The standard InChI is InChI=1S/C6H13NO4S/c7-5(6(10)11)3-12-2-4(9)1-8/h4-5,8-9H,1-3,7H2,(H,10,11). The van der Waals surface area contributed by atoms with Gasteiger partial charge in [-0.1, -0.05) is 0 Å². The fourth-order valence-electron chi connectivity index (χ4n) is 0.455. The number of nitrogens with two attached hydrogens (primary N) is 1. The minimum atomic E-state index is -1.05. The molecule has 0 heterocycles. The Hall–Kier alpha value is -0.300. The molecule has 2 atom stereocenters. The molecule has 0 bridgehead atoms. The van der Waals surface area contributed by atoms with Crippen LogP contribution in [0.2, 0.25) is 0 Å². The van der Waals surface area contributed by atoms with Gasteiger partial charge in [0.25, 0.3) is 0 Å². The van der Waals surface area contributed by atoms with E-state index in [2.05, 4.69) is 0 Å². The average Bonchev–Trinajstić information content (AvgIpc) is 2.03. The quantitative estimate of drug-likeness (QED) is 0.410. The lowest BCUT2D eigenvalue weighted by Gasteiger charge is -2.08. The summed E-state index contributed by atoms with van der Waals surface area (Å²) in [5, 5.41) is 25.6. The molecule has 0 saturated carbocycles. The maximum absolute atomic E-state index is 10.2. The zero-order valence-corrected chi connectivity index (χ0v) is 7.33. The van der Waals surface area contributed by atoms with E-state index in [0.29, 0.717) is 5.75 Å². The number of aliphatic hydroxyl groups excluding tert-OH is 2. The second kappa shape index (κ2) is 6.24. The summed E-state index contributed by atoms with van der Waals surface area (Å²) < 4.78 is 0. The average molecular weight is 195 g/mol. The van der Waals surface area contributed by atoms with Gasteiger partial charge in [-0.3, -0.25) is 4.79 Å². The highest BCUT2D eigenvalue weighted by Crippen LogP contribution is 2.03. The number of carbonyl (C=O) groups is 1. The third-order valence-electron chi connectivity index (χ3n) is 1.14. The minimum absolute atomic E-state index is 0.242. The number of aliphatic carboxylic acids is 1. The molecule has 5 nitrogen and oxygen atoms in total. The maximum Gasteiger partial charge on any atom is 0.321 e. The summed E-state index contributed by atoms with van der Waals surface area (Å²) >= 11 is 1.21. The molecule has 0 aromatic rings. The van der Waals surface area contributed by atoms with Gasteiger partial charge in [0, 0.05) is 11.5 Å². The number of carboxylic acids is 1. The Balaban J connectivity index is 3.37. The molecule has 0 radical (unpaired) electrons. The smallest absolute Gasteiger partial charge is 0.321 e. The van der Waals surface area contributed by atoms with Crippen LogP contribution in [0.4, 0.5) is 0 Å². The summed E-state index contributed by atoms with van der Waals surface area (Å²) in [6.07, 6.45) is -0.795. The third-order valence-corrected chi connectivity index (χ3v) is 2.35. The monoisotopic (exact) mass is 195 g/mol. The molecule has 0 aromatic heterocycles. The maximum atomic E-state index is 10.2. The normalized spacial score (nSPS) is 15.6. The van der Waals surface area contributed by atoms with Crippen LogP contribution in [0, 0.1) is 0 Å². The highest BCUT2D eigenvalue weighted by atomic mass is 32.2. The van der Waals surface area contributed by atoms with Crippen LogP contribution in [0.1, 0.15) is 0 Å². The molecule has 6 heteroatoms. The van der Waals surface area contributed by atoms with E-state index in [9.17, 15) is 4.79 Å². The Kier molecular flexibility index (Phi) is 6.09. The molecule has 0 fully saturated rings. The lowest BCUT2D eigenvalue weighted by atomic mass is 10.4. The number of hydrogen-bond acceptors (Lipinski definition) is 5. The van der Waals surface area contributed by atoms with Crippen LogP contribution in [0.25, 0.3) is 0 Å². The zero-order valence-electron chi connectivity index (χ0n) is 6.51. The van der Waals surface area contributed by atoms with Crippen LogP contribution in [-0.4, -0.2) is 51.5 Å². The van der Waals surface area contributed by atoms with Crippen LogP contribution in [0.3, 0.4) is 0 Å². The van der Waals surface area contributed by atoms with Crippen molar-refractivity contribution in [1.82, 2.24) is 0 Å². The molecule has 0 aliphatic heterocycles. The third kappa shape index (κ3) is 5.36. The number of carboxylic acid groups (broad SMARTS) is 1. The van der Waals surface area contributed by atoms with Crippen molar-refractivity contribution >= 4 is 17.7 Å². The predicted molar refractivity (Wildman–Crippen MR) is 46.0 cm³/mol. The van der Waals surface area contributed by atoms with E-state index in [-0.39, 0.29) is 12.4 Å². The van der Waals surface area contributed by atoms with Crippen LogP contribution >= 0.6 is 11.8 Å². The van der Waals surface area contributed by atoms with Gasteiger partial charge in [-0.2, -0.15) is 11.8 Å². The van der Waals surface area contributed by atoms with Gasteiger partial charge in [-0.05, 0) is 0 Å². The first-order valence-electron chi connectivity index (χ1n) is 3.43. The van der Waals surface area contributed by atoms with E-state index in [1.807, 2.05) is 0 Å². The summed E-state index contributed by atoms with van der Waals surface area (Å²) in [6, 6.07) is -0.902. The molecule has 0 spiro atoms. The van der Waals surface area contributed by atoms with Crippen molar-refractivity contribution in [2.45, 2.75) is 12.1 Å². The Morgan fingerprint density at radius 3 is 2.50 bits per heavy atom. The lowest BCUT2D eigenvalue weighted by Crippen LogP contribution is -2.33. The van der Waals surface area contributed by atoms with E-state index in [4.69, 9.17) is 21.1 Å². The number of rotatable bonds is 6. The molecule has 0 aliphatic rings. The lowest BCUT2D eigenvalue weighted by molar-refractivity contribution is -0.137. The number of aliphatic hydroxyl groups is 2. The van der Waals surface area contributed by atoms with E-state index >= 15 is 0 Å². The highest BCUT2D eigenvalue weighted by molar-refractivity contribution is 7.99. The second-order valence-electron chi connectivity index (χ2n) is 2.32. The SMILES string of the molecule is NC(CSCC(O)CO)C(=O)O. The molecule has 0 aliphatic carbocycles. The molecule has 0 saturated heterocycles. The van der Waals surface area contributed by atoms with E-state index in [1.165, 1.54) is 11.8 Å². The van der Waals surface area contributed by atoms with E-state index < -0.39 is 18.1 Å². The summed E-state index contributed by atoms with van der Waals surface area (Å²) in [6.45, 7) is -0.310. The first kappa shape index (κ1) is 11.7. The second-order valence-corrected chi connectivity index (χ2v) is 3.39. The van der Waals surface area contributed by atoms with Crippen molar-refractivity contribution in [3.63, 3.8) is 0 Å². The van der Waals surface area contributed by atoms with Gasteiger partial charge >= 0.3 is 5.97 Å². The summed E-state index contributed by atoms with van der Waals surface area (Å²) in [5.41, 5.74) is 5.18. The predicted octanol–water partition coefficient (Wildman–Crippen LogP) is -1.52. The van der Waals surface area contributed by atoms with Crippen LogP contribution in [0.15, 0.2) is 0 Å². The molecular weight excluding hydrogens is 182 g/mol. The molecule has 0 amide bonds. The molecule has 5 N–H and O–H groups in total. The van der Waals surface area contributed by atoms with Crippen LogP contribution < -0.4 is 5.73 Å². The molecular formula is C6H13NO4S. The summed E-state index contributed by atoms with van der Waals surface area (Å²) in [4.78, 5) is 10.2. The number of thioether (sulfide) groups is 1. The zero-order chi connectivity index (χ0) is 9.56. The molecule has 72 valence electrons. The Labute approximate surface area is 74.6 Å². The van der Waals surface area contributed by atoms with Gasteiger partial charge < -0.3 is 21.1 Å². The summed E-state index contributed by atoms with van der Waals surface area (Å²) in [7, 11) is 0. The van der Waals surface area contributed by atoms with Crippen LogP contribution in [0.5, 0.6) is 0 Å². The first-order chi connectivity index (χ1) is 5.57. The van der Waals surface area contributed by atoms with Gasteiger partial charge in [-0.25, -0.2) is 0 Å². The van der Waals surface area contributed by atoms with Gasteiger partial charge in [-0.15, -0.1) is 0 Å². The van der Waals surface area contributed by atoms with E-state index in [0.717, 1.165) is 0 Å². The topological polar surface area (TPSA) is 104 Å². The minimum Gasteiger partial charge on any atom is -0.480 e. The number of hydrogen-bond donors (Lipinski definition) is 4. The van der Waals surface area contributed by atoms with Crippen molar-refractivity contribution in [2.75, 3.05) is 18.1 Å². The first-order valence-corrected chi connectivity index (χ1v) is 4.58. The van der Waals surface area contributed by atoms with Gasteiger partial charge in [0.2, 0.25) is 0 Å². The van der Waals surface area contributed by atoms with Crippen molar-refractivity contribution < 1.29 is 20.1 Å². The summed E-state index contributed by atoms with van der Waals surface area (Å²) in [5.74, 6) is -0.509. The fourth-order valence-corrected chi connectivity index (χ4v) is 1.37. The highest BCUT2D eigenvalue weighted by Gasteiger charge is 2.11. The molecule has 0 aromatic carbocycles. The van der Waals surface area contributed by atoms with Crippen molar-refractivity contribution in [1.29, 1.82) is 0 Å². The molecule has 2 unspecified atom stereocenters. The molecule has 12 heavy (non-hydrogen) atoms.